The van der Waals surface area contributed by atoms with Crippen LogP contribution in [-0.2, 0) is 9.59 Å². The summed E-state index contributed by atoms with van der Waals surface area (Å²) >= 11 is 0. The van der Waals surface area contributed by atoms with Gasteiger partial charge in [-0.05, 0) is 18.9 Å². The van der Waals surface area contributed by atoms with Crippen LogP contribution in [-0.4, -0.2) is 11.7 Å². The van der Waals surface area contributed by atoms with E-state index in [1.807, 2.05) is 6.92 Å². The molecule has 1 aliphatic heterocycles. The van der Waals surface area contributed by atoms with Crippen molar-refractivity contribution in [1.29, 1.82) is 0 Å². The minimum atomic E-state index is -1.71. The second kappa shape index (κ2) is 5.33. The number of fused-ring (bicyclic) bond motifs is 1. The molecule has 0 saturated carbocycles. The maximum absolute atomic E-state index is 14.0. The molecule has 1 aliphatic carbocycles. The topological polar surface area (TPSA) is 37.4 Å². The largest absolute Gasteiger partial charge is 0.299 e. The zero-order valence-corrected chi connectivity index (χ0v) is 12.0. The summed E-state index contributed by atoms with van der Waals surface area (Å²) in [5, 5.41) is 0. The molecule has 2 aliphatic rings. The molecule has 3 nitrogen and oxygen atoms in total. The zero-order chi connectivity index (χ0) is 16.9. The lowest BCUT2D eigenvalue weighted by atomic mass is 9.89. The summed E-state index contributed by atoms with van der Waals surface area (Å²) in [6, 6.07) is 0.0539. The lowest BCUT2D eigenvalue weighted by Crippen LogP contribution is -2.28. The number of carbonyl (C=O) groups is 2. The van der Waals surface area contributed by atoms with E-state index in [1.54, 1.807) is 6.08 Å². The molecule has 1 saturated heterocycles. The molecule has 23 heavy (non-hydrogen) atoms. The molecule has 0 radical (unpaired) electrons. The van der Waals surface area contributed by atoms with Crippen molar-refractivity contribution >= 4 is 17.4 Å². The standard InChI is InChI=1S/C16H11F4NO2/c1-2-7-3-4-11-8(5-7)15(22)16(23)21(11)14-12(19)9(17)6-10(18)13(14)20/h3-4,6,8H,2,5H2,1H3. The maximum atomic E-state index is 14.0. The van der Waals surface area contributed by atoms with Gasteiger partial charge < -0.3 is 0 Å². The quantitative estimate of drug-likeness (QED) is 0.475. The average molecular weight is 325 g/mol. The van der Waals surface area contributed by atoms with Crippen LogP contribution < -0.4 is 4.90 Å². The molecule has 0 N–H and O–H groups in total. The van der Waals surface area contributed by atoms with Gasteiger partial charge in [0.2, 0.25) is 5.78 Å². The third kappa shape index (κ3) is 2.18. The number of allylic oxidation sites excluding steroid dienone is 4. The van der Waals surface area contributed by atoms with E-state index in [1.165, 1.54) is 6.08 Å². The molecule has 120 valence electrons. The van der Waals surface area contributed by atoms with Gasteiger partial charge >= 0.3 is 0 Å². The third-order valence-electron chi connectivity index (χ3n) is 4.07. The van der Waals surface area contributed by atoms with Gasteiger partial charge in [-0.2, -0.15) is 0 Å². The Balaban J connectivity index is 2.21. The van der Waals surface area contributed by atoms with Crippen molar-refractivity contribution in [2.75, 3.05) is 4.90 Å². The first-order valence-electron chi connectivity index (χ1n) is 6.97. The van der Waals surface area contributed by atoms with E-state index in [9.17, 15) is 27.2 Å². The Labute approximate surface area is 128 Å². The normalized spacial score (nSPS) is 20.6. The number of hydrogen-bond donors (Lipinski definition) is 0. The summed E-state index contributed by atoms with van der Waals surface area (Å²) in [4.78, 5) is 24.7. The van der Waals surface area contributed by atoms with Crippen LogP contribution in [0.3, 0.4) is 0 Å². The van der Waals surface area contributed by atoms with E-state index < -0.39 is 46.6 Å². The highest BCUT2D eigenvalue weighted by Gasteiger charge is 2.47. The number of carbonyl (C=O) groups excluding carboxylic acids is 2. The van der Waals surface area contributed by atoms with Gasteiger partial charge in [-0.25, -0.2) is 17.6 Å². The number of nitrogens with zero attached hydrogens (tertiary/aromatic N) is 1. The highest BCUT2D eigenvalue weighted by atomic mass is 19.2. The van der Waals surface area contributed by atoms with Gasteiger partial charge in [-0.15, -0.1) is 0 Å². The minimum absolute atomic E-state index is 0.0278. The molecular formula is C16H11F4NO2. The number of ketones is 1. The van der Waals surface area contributed by atoms with Gasteiger partial charge in [0.15, 0.2) is 23.3 Å². The molecule has 1 aromatic carbocycles. The predicted octanol–water partition coefficient (Wildman–Crippen LogP) is 3.40. The molecular weight excluding hydrogens is 314 g/mol. The number of amides is 1. The van der Waals surface area contributed by atoms with E-state index in [-0.39, 0.29) is 18.2 Å². The van der Waals surface area contributed by atoms with Gasteiger partial charge in [0.1, 0.15) is 5.69 Å². The molecule has 0 bridgehead atoms. The first-order chi connectivity index (χ1) is 10.9. The van der Waals surface area contributed by atoms with E-state index >= 15 is 0 Å². The van der Waals surface area contributed by atoms with Crippen molar-refractivity contribution in [1.82, 2.24) is 0 Å². The molecule has 1 heterocycles. The van der Waals surface area contributed by atoms with Crippen LogP contribution in [0.1, 0.15) is 19.8 Å². The number of Topliss-reactive ketones (excluding diaryl/α,β-unsaturated/α-hetero) is 1. The molecule has 0 spiro atoms. The first kappa shape index (κ1) is 15.5. The minimum Gasteiger partial charge on any atom is -0.288 e. The van der Waals surface area contributed by atoms with Crippen LogP contribution in [0.5, 0.6) is 0 Å². The van der Waals surface area contributed by atoms with Crippen molar-refractivity contribution in [3.8, 4) is 0 Å². The summed E-state index contributed by atoms with van der Waals surface area (Å²) in [5.41, 5.74) is -0.268. The molecule has 1 unspecified atom stereocenters. The lowest BCUT2D eigenvalue weighted by Gasteiger charge is -2.23. The second-order valence-corrected chi connectivity index (χ2v) is 5.35. The summed E-state index contributed by atoms with van der Waals surface area (Å²) in [5.74, 6) is -9.62. The molecule has 1 fully saturated rings. The number of halogens is 4. The van der Waals surface area contributed by atoms with Gasteiger partial charge in [-0.1, -0.05) is 18.6 Å². The summed E-state index contributed by atoms with van der Waals surface area (Å²) in [6.45, 7) is 1.87. The van der Waals surface area contributed by atoms with E-state index in [2.05, 4.69) is 0 Å². The Morgan fingerprint density at radius 2 is 1.70 bits per heavy atom. The van der Waals surface area contributed by atoms with Crippen LogP contribution in [0.15, 0.2) is 29.5 Å². The smallest absolute Gasteiger partial charge is 0.288 e. The highest BCUT2D eigenvalue weighted by molar-refractivity contribution is 6.46. The molecule has 1 atom stereocenters. The summed E-state index contributed by atoms with van der Waals surface area (Å²) in [6.07, 6.45) is 3.91. The Kier molecular flexibility index (Phi) is 3.58. The highest BCUT2D eigenvalue weighted by Crippen LogP contribution is 2.41. The Morgan fingerprint density at radius 1 is 1.09 bits per heavy atom. The fourth-order valence-corrected chi connectivity index (χ4v) is 2.84. The van der Waals surface area contributed by atoms with Crippen LogP contribution in [0.2, 0.25) is 0 Å². The molecule has 1 aromatic rings. The third-order valence-corrected chi connectivity index (χ3v) is 4.07. The number of benzene rings is 1. The fraction of sp³-hybridized carbons (Fsp3) is 0.250. The van der Waals surface area contributed by atoms with Crippen molar-refractivity contribution in [3.63, 3.8) is 0 Å². The van der Waals surface area contributed by atoms with Gasteiger partial charge in [0.25, 0.3) is 5.91 Å². The molecule has 3 rings (SSSR count). The number of anilines is 1. The van der Waals surface area contributed by atoms with Crippen molar-refractivity contribution in [2.24, 2.45) is 5.92 Å². The predicted molar refractivity (Wildman–Crippen MR) is 73.3 cm³/mol. The van der Waals surface area contributed by atoms with Crippen LogP contribution in [0.25, 0.3) is 0 Å². The monoisotopic (exact) mass is 325 g/mol. The van der Waals surface area contributed by atoms with Gasteiger partial charge in [0, 0.05) is 11.8 Å². The van der Waals surface area contributed by atoms with Gasteiger partial charge in [0.05, 0.1) is 5.92 Å². The molecule has 1 amide bonds. The lowest BCUT2D eigenvalue weighted by molar-refractivity contribution is -0.135. The number of rotatable bonds is 2. The fourth-order valence-electron chi connectivity index (χ4n) is 2.84. The zero-order valence-electron chi connectivity index (χ0n) is 12.0. The maximum Gasteiger partial charge on any atom is 0.299 e. The summed E-state index contributed by atoms with van der Waals surface area (Å²) in [7, 11) is 0. The van der Waals surface area contributed by atoms with E-state index in [4.69, 9.17) is 0 Å². The van der Waals surface area contributed by atoms with Crippen LogP contribution in [0, 0.1) is 29.2 Å². The van der Waals surface area contributed by atoms with Crippen molar-refractivity contribution < 1.29 is 27.2 Å². The van der Waals surface area contributed by atoms with E-state index in [0.29, 0.717) is 11.3 Å². The van der Waals surface area contributed by atoms with Crippen LogP contribution >= 0.6 is 0 Å². The number of hydrogen-bond acceptors (Lipinski definition) is 2. The Bertz CT molecular complexity index is 772. The Hall–Kier alpha value is -2.44. The van der Waals surface area contributed by atoms with Crippen LogP contribution in [0.4, 0.5) is 23.2 Å². The molecule has 0 aromatic heterocycles. The SMILES string of the molecule is CCC1=CC=C2C(C1)C(=O)C(=O)N2c1c(F)c(F)cc(F)c1F. The molecule has 7 heteroatoms. The van der Waals surface area contributed by atoms with E-state index in [0.717, 1.165) is 5.57 Å². The van der Waals surface area contributed by atoms with Gasteiger partial charge in [-0.3, -0.25) is 14.5 Å². The van der Waals surface area contributed by atoms with Crippen molar-refractivity contribution in [2.45, 2.75) is 19.8 Å². The second-order valence-electron chi connectivity index (χ2n) is 5.35. The Morgan fingerprint density at radius 3 is 2.26 bits per heavy atom. The average Bonchev–Trinajstić information content (AvgIpc) is 2.78. The van der Waals surface area contributed by atoms with Crippen molar-refractivity contribution in [3.05, 3.63) is 52.8 Å². The first-order valence-corrected chi connectivity index (χ1v) is 6.97. The summed E-state index contributed by atoms with van der Waals surface area (Å²) < 4.78 is 54.7.